The molecule has 0 fully saturated rings. The van der Waals surface area contributed by atoms with Crippen molar-refractivity contribution < 1.29 is 18.8 Å². The summed E-state index contributed by atoms with van der Waals surface area (Å²) in [7, 11) is -1.72. The summed E-state index contributed by atoms with van der Waals surface area (Å²) in [5, 5.41) is 0. The van der Waals surface area contributed by atoms with Gasteiger partial charge < -0.3 is 9.16 Å². The van der Waals surface area contributed by atoms with E-state index in [-0.39, 0.29) is 17.9 Å². The summed E-state index contributed by atoms with van der Waals surface area (Å²) in [6.07, 6.45) is 18.6. The molecule has 0 aromatic rings. The second-order valence-electron chi connectivity index (χ2n) is 12.0. The summed E-state index contributed by atoms with van der Waals surface area (Å²) in [5.41, 5.74) is 1.91. The van der Waals surface area contributed by atoms with Gasteiger partial charge in [-0.3, -0.25) is 4.79 Å². The molecule has 0 aliphatic rings. The molecule has 0 saturated carbocycles. The minimum absolute atomic E-state index is 0.0737. The summed E-state index contributed by atoms with van der Waals surface area (Å²) in [6, 6.07) is 0. The zero-order valence-corrected chi connectivity index (χ0v) is 26.5. The largest absolute Gasteiger partial charge is 0.443 e. The first-order valence-corrected chi connectivity index (χ1v) is 17.1. The number of ether oxygens (including phenoxy) is 1. The Morgan fingerprint density at radius 3 is 2.24 bits per heavy atom. The predicted molar refractivity (Wildman–Crippen MR) is 165 cm³/mol. The van der Waals surface area contributed by atoms with E-state index in [1.807, 2.05) is 37.3 Å². The number of rotatable bonds is 16. The third-order valence-electron chi connectivity index (χ3n) is 5.33. The van der Waals surface area contributed by atoms with Gasteiger partial charge in [-0.2, -0.15) is 0 Å². The molecule has 2 atom stereocenters. The second kappa shape index (κ2) is 18.0. The van der Waals surface area contributed by atoms with Gasteiger partial charge in [0.2, 0.25) is 0 Å². The summed E-state index contributed by atoms with van der Waals surface area (Å²) in [4.78, 5) is 26.8. The first-order chi connectivity index (χ1) is 17.6. The first-order valence-electron chi connectivity index (χ1n) is 13.7. The van der Waals surface area contributed by atoms with E-state index in [9.17, 15) is 9.59 Å². The highest BCUT2D eigenvalue weighted by Crippen LogP contribution is 2.18. The van der Waals surface area contributed by atoms with Crippen molar-refractivity contribution in [2.24, 2.45) is 5.92 Å². The summed E-state index contributed by atoms with van der Waals surface area (Å²) >= 11 is 0. The second-order valence-corrected chi connectivity index (χ2v) is 16.4. The number of nitrogens with zero attached hydrogens (tertiary/aromatic N) is 1. The Bertz CT molecular complexity index is 884. The van der Waals surface area contributed by atoms with Crippen LogP contribution in [0.25, 0.3) is 0 Å². The number of carbonyl (C=O) groups is 2. The summed E-state index contributed by atoms with van der Waals surface area (Å²) < 4.78 is 11.9. The molecule has 0 unspecified atom stereocenters. The van der Waals surface area contributed by atoms with Gasteiger partial charge in [0.1, 0.15) is 5.60 Å². The van der Waals surface area contributed by atoms with Gasteiger partial charge in [0, 0.05) is 12.6 Å². The van der Waals surface area contributed by atoms with Crippen LogP contribution >= 0.6 is 0 Å². The van der Waals surface area contributed by atoms with E-state index in [2.05, 4.69) is 52.7 Å². The fourth-order valence-corrected chi connectivity index (χ4v) is 4.90. The van der Waals surface area contributed by atoms with Crippen molar-refractivity contribution in [3.8, 4) is 0 Å². The lowest BCUT2D eigenvalue weighted by molar-refractivity contribution is -0.125. The average Bonchev–Trinajstić information content (AvgIpc) is 2.77. The Morgan fingerprint density at radius 2 is 1.68 bits per heavy atom. The Balaban J connectivity index is 5.35. The highest BCUT2D eigenvalue weighted by molar-refractivity contribution is 6.69. The average molecular weight is 544 g/mol. The molecule has 0 heterocycles. The minimum Gasteiger partial charge on any atom is -0.443 e. The van der Waals surface area contributed by atoms with Crippen molar-refractivity contribution in [2.45, 2.75) is 105 Å². The fraction of sp³-hybridized carbons (Fsp3) is 0.562. The molecular formula is C32H53NO4Si. The maximum atomic E-state index is 12.9. The molecule has 0 radical (unpaired) electrons. The van der Waals surface area contributed by atoms with Crippen LogP contribution in [-0.2, 0) is 14.0 Å². The maximum absolute atomic E-state index is 12.9. The van der Waals surface area contributed by atoms with Crippen molar-refractivity contribution in [2.75, 3.05) is 6.54 Å². The van der Waals surface area contributed by atoms with E-state index in [1.165, 1.54) is 22.1 Å². The van der Waals surface area contributed by atoms with Gasteiger partial charge in [-0.1, -0.05) is 67.2 Å². The number of amides is 2. The van der Waals surface area contributed by atoms with Gasteiger partial charge in [0.15, 0.2) is 8.32 Å². The molecule has 0 rings (SSSR count). The van der Waals surface area contributed by atoms with Crippen LogP contribution in [0, 0.1) is 5.92 Å². The van der Waals surface area contributed by atoms with Crippen LogP contribution in [0.5, 0.6) is 0 Å². The van der Waals surface area contributed by atoms with Gasteiger partial charge >= 0.3 is 6.09 Å². The predicted octanol–water partition coefficient (Wildman–Crippen LogP) is 8.93. The Hall–Kier alpha value is -2.44. The first kappa shape index (κ1) is 35.6. The monoisotopic (exact) mass is 543 g/mol. The highest BCUT2D eigenvalue weighted by Gasteiger charge is 2.27. The number of allylic oxidation sites excluding steroid dienone is 7. The normalized spacial score (nSPS) is 15.0. The molecule has 5 nitrogen and oxygen atoms in total. The van der Waals surface area contributed by atoms with Crippen molar-refractivity contribution >= 4 is 20.3 Å². The molecule has 6 heteroatoms. The Kier molecular flexibility index (Phi) is 16.8. The molecule has 0 bridgehead atoms. The molecule has 0 aromatic heterocycles. The molecule has 0 saturated heterocycles. The zero-order chi connectivity index (χ0) is 29.4. The van der Waals surface area contributed by atoms with Gasteiger partial charge in [-0.25, -0.2) is 9.69 Å². The molecule has 38 heavy (non-hydrogen) atoms. The molecule has 0 aliphatic carbocycles. The van der Waals surface area contributed by atoms with Gasteiger partial charge in [0.25, 0.3) is 5.91 Å². The van der Waals surface area contributed by atoms with E-state index in [1.54, 1.807) is 26.8 Å². The van der Waals surface area contributed by atoms with Crippen LogP contribution in [0.4, 0.5) is 4.79 Å². The smallest absolute Gasteiger partial charge is 0.417 e. The van der Waals surface area contributed by atoms with Crippen LogP contribution < -0.4 is 0 Å². The molecule has 0 N–H and O–H groups in total. The van der Waals surface area contributed by atoms with Gasteiger partial charge in [0.05, 0.1) is 6.10 Å². The number of imide groups is 1. The van der Waals surface area contributed by atoms with Crippen molar-refractivity contribution in [1.82, 2.24) is 4.90 Å². The quantitative estimate of drug-likeness (QED) is 0.0844. The van der Waals surface area contributed by atoms with E-state index in [0.29, 0.717) is 6.54 Å². The third kappa shape index (κ3) is 18.7. The van der Waals surface area contributed by atoms with Crippen molar-refractivity contribution in [3.05, 3.63) is 72.9 Å². The number of hydrogen-bond acceptors (Lipinski definition) is 4. The zero-order valence-electron chi connectivity index (χ0n) is 25.5. The summed E-state index contributed by atoms with van der Waals surface area (Å²) in [5.74, 6) is -0.244. The van der Waals surface area contributed by atoms with Gasteiger partial charge in [-0.05, 0) is 92.3 Å². The van der Waals surface area contributed by atoms with E-state index < -0.39 is 20.0 Å². The van der Waals surface area contributed by atoms with Crippen LogP contribution in [0.15, 0.2) is 72.9 Å². The molecule has 0 spiro atoms. The standard InChI is InChI=1S/C32H53NO4Si/c1-12-14-19-28(5)25-33(31(35)36-32(6,7)8)30(34)21-17-15-16-20-29(37-38(9,10)11)23-22-27(4)24-26(3)18-13-2/h12-13,15-18,21-22,28-29H,1-2,14,19-20,23-25H2,3-11H3/b16-15+,21-17+,26-18+,27-22+/t28-,29+/m0/s1. The molecule has 0 aliphatic heterocycles. The maximum Gasteiger partial charge on any atom is 0.417 e. The molecule has 0 aromatic carbocycles. The Morgan fingerprint density at radius 1 is 1.03 bits per heavy atom. The molecular weight excluding hydrogens is 490 g/mol. The van der Waals surface area contributed by atoms with E-state index in [4.69, 9.17) is 9.16 Å². The van der Waals surface area contributed by atoms with Crippen molar-refractivity contribution in [1.29, 1.82) is 0 Å². The molecule has 214 valence electrons. The van der Waals surface area contributed by atoms with Crippen LogP contribution in [-0.4, -0.2) is 43.5 Å². The number of carbonyl (C=O) groups excluding carboxylic acids is 2. The topological polar surface area (TPSA) is 55.8 Å². The van der Waals surface area contributed by atoms with Crippen molar-refractivity contribution in [3.63, 3.8) is 0 Å². The SMILES string of the molecule is C=C/C=C(\C)C/C(C)=C/C[C@@H](C/C=C/C=C/C(=O)N(C[C@@H](C)CCC=C)C(=O)OC(C)(C)C)O[Si](C)(C)C. The van der Waals surface area contributed by atoms with Crippen LogP contribution in [0.1, 0.15) is 73.6 Å². The number of hydrogen-bond donors (Lipinski definition) is 0. The lowest BCUT2D eigenvalue weighted by Crippen LogP contribution is -2.42. The lowest BCUT2D eigenvalue weighted by Gasteiger charge is -2.27. The van der Waals surface area contributed by atoms with Crippen LogP contribution in [0.3, 0.4) is 0 Å². The summed E-state index contributed by atoms with van der Waals surface area (Å²) in [6.45, 7) is 26.0. The minimum atomic E-state index is -1.72. The third-order valence-corrected chi connectivity index (χ3v) is 6.37. The Labute approximate surface area is 234 Å². The lowest BCUT2D eigenvalue weighted by atomic mass is 10.0. The van der Waals surface area contributed by atoms with Crippen LogP contribution in [0.2, 0.25) is 19.6 Å². The molecule has 2 amide bonds. The van der Waals surface area contributed by atoms with Gasteiger partial charge in [-0.15, -0.1) is 6.58 Å². The van der Waals surface area contributed by atoms with E-state index in [0.717, 1.165) is 32.1 Å². The highest BCUT2D eigenvalue weighted by atomic mass is 28.4. The fourth-order valence-electron chi connectivity index (χ4n) is 3.71. The van der Waals surface area contributed by atoms with E-state index >= 15 is 0 Å².